The first-order valence-corrected chi connectivity index (χ1v) is 5.45. The molecule has 0 unspecified atom stereocenters. The summed E-state index contributed by atoms with van der Waals surface area (Å²) in [7, 11) is 0. The summed E-state index contributed by atoms with van der Waals surface area (Å²) in [5, 5.41) is 20.7. The molecule has 4 heteroatoms. The third-order valence-corrected chi connectivity index (χ3v) is 2.16. The monoisotopic (exact) mass is 225 g/mol. The number of hydrogen-bond donors (Lipinski definition) is 3. The van der Waals surface area contributed by atoms with Crippen molar-refractivity contribution in [2.24, 2.45) is 0 Å². The Labute approximate surface area is 95.9 Å². The lowest BCUT2D eigenvalue weighted by Gasteiger charge is -2.06. The summed E-state index contributed by atoms with van der Waals surface area (Å²) in [6.07, 6.45) is 0. The number of benzene rings is 1. The molecular weight excluding hydrogens is 206 g/mol. The molecule has 4 nitrogen and oxygen atoms in total. The SMILES string of the molecule is OCCOCCNCc1cccc(CO)c1. The van der Waals surface area contributed by atoms with Crippen LogP contribution in [0.5, 0.6) is 0 Å². The fourth-order valence-corrected chi connectivity index (χ4v) is 1.38. The largest absolute Gasteiger partial charge is 0.394 e. The molecule has 0 amide bonds. The first-order chi connectivity index (χ1) is 7.86. The first-order valence-electron chi connectivity index (χ1n) is 5.45. The Bertz CT molecular complexity index is 291. The highest BCUT2D eigenvalue weighted by Gasteiger charge is 1.95. The van der Waals surface area contributed by atoms with Gasteiger partial charge in [-0.3, -0.25) is 0 Å². The maximum absolute atomic E-state index is 8.97. The van der Waals surface area contributed by atoms with E-state index in [0.717, 1.165) is 24.2 Å². The van der Waals surface area contributed by atoms with E-state index in [-0.39, 0.29) is 13.2 Å². The van der Waals surface area contributed by atoms with E-state index < -0.39 is 0 Å². The molecule has 3 N–H and O–H groups in total. The number of nitrogens with one attached hydrogen (secondary N) is 1. The van der Waals surface area contributed by atoms with Crippen LogP contribution in [0.15, 0.2) is 24.3 Å². The van der Waals surface area contributed by atoms with Crippen molar-refractivity contribution in [2.45, 2.75) is 13.2 Å². The molecule has 0 spiro atoms. The van der Waals surface area contributed by atoms with Gasteiger partial charge in [-0.05, 0) is 11.1 Å². The van der Waals surface area contributed by atoms with E-state index in [2.05, 4.69) is 5.32 Å². The van der Waals surface area contributed by atoms with E-state index in [9.17, 15) is 0 Å². The molecule has 0 aliphatic carbocycles. The predicted octanol–water partition coefficient (Wildman–Crippen LogP) is 0.277. The maximum atomic E-state index is 8.97. The molecule has 0 heterocycles. The number of hydrogen-bond acceptors (Lipinski definition) is 4. The Morgan fingerprint density at radius 2 is 1.94 bits per heavy atom. The van der Waals surface area contributed by atoms with Crippen LogP contribution in [-0.4, -0.2) is 36.6 Å². The van der Waals surface area contributed by atoms with Crippen molar-refractivity contribution in [2.75, 3.05) is 26.4 Å². The van der Waals surface area contributed by atoms with Crippen molar-refractivity contribution >= 4 is 0 Å². The van der Waals surface area contributed by atoms with Crippen molar-refractivity contribution in [3.8, 4) is 0 Å². The summed E-state index contributed by atoms with van der Waals surface area (Å²) < 4.78 is 5.11. The van der Waals surface area contributed by atoms with Crippen LogP contribution in [0.25, 0.3) is 0 Å². The highest BCUT2D eigenvalue weighted by molar-refractivity contribution is 5.22. The van der Waals surface area contributed by atoms with E-state index in [4.69, 9.17) is 14.9 Å². The second-order valence-electron chi connectivity index (χ2n) is 3.49. The van der Waals surface area contributed by atoms with Gasteiger partial charge < -0.3 is 20.3 Å². The number of rotatable bonds is 8. The summed E-state index contributed by atoms with van der Waals surface area (Å²) in [5.74, 6) is 0. The summed E-state index contributed by atoms with van der Waals surface area (Å²) in [6.45, 7) is 2.65. The van der Waals surface area contributed by atoms with E-state index in [1.54, 1.807) is 0 Å². The minimum absolute atomic E-state index is 0.0680. The number of aliphatic hydroxyl groups excluding tert-OH is 2. The molecule has 1 aromatic carbocycles. The van der Waals surface area contributed by atoms with Gasteiger partial charge in [-0.1, -0.05) is 24.3 Å². The lowest BCUT2D eigenvalue weighted by Crippen LogP contribution is -2.20. The molecule has 0 aromatic heterocycles. The van der Waals surface area contributed by atoms with Crippen LogP contribution in [0.3, 0.4) is 0 Å². The van der Waals surface area contributed by atoms with Crippen molar-refractivity contribution in [1.82, 2.24) is 5.32 Å². The molecule has 0 radical (unpaired) electrons. The lowest BCUT2D eigenvalue weighted by molar-refractivity contribution is 0.0938. The van der Waals surface area contributed by atoms with Crippen LogP contribution in [0, 0.1) is 0 Å². The van der Waals surface area contributed by atoms with E-state index in [0.29, 0.717) is 13.2 Å². The van der Waals surface area contributed by atoms with Crippen molar-refractivity contribution in [3.63, 3.8) is 0 Å². The van der Waals surface area contributed by atoms with E-state index in [1.807, 2.05) is 24.3 Å². The highest BCUT2D eigenvalue weighted by Crippen LogP contribution is 2.04. The van der Waals surface area contributed by atoms with Gasteiger partial charge in [-0.15, -0.1) is 0 Å². The van der Waals surface area contributed by atoms with Gasteiger partial charge in [0, 0.05) is 13.1 Å². The third-order valence-electron chi connectivity index (χ3n) is 2.16. The average molecular weight is 225 g/mol. The molecule has 90 valence electrons. The minimum Gasteiger partial charge on any atom is -0.394 e. The van der Waals surface area contributed by atoms with Gasteiger partial charge in [-0.25, -0.2) is 0 Å². The van der Waals surface area contributed by atoms with Gasteiger partial charge in [0.15, 0.2) is 0 Å². The lowest BCUT2D eigenvalue weighted by atomic mass is 10.1. The zero-order valence-electron chi connectivity index (χ0n) is 9.35. The summed E-state index contributed by atoms with van der Waals surface area (Å²) in [5.41, 5.74) is 2.07. The van der Waals surface area contributed by atoms with Gasteiger partial charge in [0.1, 0.15) is 0 Å². The second kappa shape index (κ2) is 8.24. The Hall–Kier alpha value is -0.940. The van der Waals surface area contributed by atoms with Crippen molar-refractivity contribution < 1.29 is 14.9 Å². The third kappa shape index (κ3) is 5.23. The normalized spacial score (nSPS) is 10.6. The van der Waals surface area contributed by atoms with Gasteiger partial charge in [0.05, 0.1) is 26.4 Å². The Morgan fingerprint density at radius 3 is 2.69 bits per heavy atom. The van der Waals surface area contributed by atoms with E-state index in [1.165, 1.54) is 0 Å². The molecule has 0 aliphatic rings. The van der Waals surface area contributed by atoms with Crippen LogP contribution >= 0.6 is 0 Å². The minimum atomic E-state index is 0.0680. The second-order valence-corrected chi connectivity index (χ2v) is 3.49. The topological polar surface area (TPSA) is 61.7 Å². The quantitative estimate of drug-likeness (QED) is 0.556. The average Bonchev–Trinajstić information content (AvgIpc) is 2.34. The smallest absolute Gasteiger partial charge is 0.0698 e. The summed E-state index contributed by atoms with van der Waals surface area (Å²) >= 11 is 0. The molecule has 0 atom stereocenters. The molecule has 0 bridgehead atoms. The molecule has 0 aliphatic heterocycles. The van der Waals surface area contributed by atoms with Crippen LogP contribution in [-0.2, 0) is 17.9 Å². The molecular formula is C12H19NO3. The summed E-state index contributed by atoms with van der Waals surface area (Å²) in [6, 6.07) is 7.82. The maximum Gasteiger partial charge on any atom is 0.0698 e. The van der Waals surface area contributed by atoms with Crippen LogP contribution in [0.4, 0.5) is 0 Å². The molecule has 0 saturated heterocycles. The van der Waals surface area contributed by atoms with Crippen molar-refractivity contribution in [1.29, 1.82) is 0 Å². The van der Waals surface area contributed by atoms with Crippen LogP contribution in [0.1, 0.15) is 11.1 Å². The van der Waals surface area contributed by atoms with Gasteiger partial charge >= 0.3 is 0 Å². The Morgan fingerprint density at radius 1 is 1.12 bits per heavy atom. The van der Waals surface area contributed by atoms with Crippen molar-refractivity contribution in [3.05, 3.63) is 35.4 Å². The van der Waals surface area contributed by atoms with Gasteiger partial charge in [-0.2, -0.15) is 0 Å². The molecule has 0 fully saturated rings. The first kappa shape index (κ1) is 13.1. The van der Waals surface area contributed by atoms with E-state index >= 15 is 0 Å². The highest BCUT2D eigenvalue weighted by atomic mass is 16.5. The number of aliphatic hydroxyl groups is 2. The molecule has 16 heavy (non-hydrogen) atoms. The summed E-state index contributed by atoms with van der Waals surface area (Å²) in [4.78, 5) is 0. The fraction of sp³-hybridized carbons (Fsp3) is 0.500. The Balaban J connectivity index is 2.16. The van der Waals surface area contributed by atoms with Gasteiger partial charge in [0.2, 0.25) is 0 Å². The molecule has 1 rings (SSSR count). The zero-order valence-corrected chi connectivity index (χ0v) is 9.35. The molecule has 1 aromatic rings. The fourth-order valence-electron chi connectivity index (χ4n) is 1.38. The molecule has 0 saturated carbocycles. The zero-order chi connectivity index (χ0) is 11.6. The standard InChI is InChI=1S/C12H19NO3/c14-5-7-16-6-4-13-9-11-2-1-3-12(8-11)10-15/h1-3,8,13-15H,4-7,9-10H2. The number of ether oxygens (including phenoxy) is 1. The van der Waals surface area contributed by atoms with Crippen LogP contribution < -0.4 is 5.32 Å². The van der Waals surface area contributed by atoms with Crippen LogP contribution in [0.2, 0.25) is 0 Å². The van der Waals surface area contributed by atoms with Gasteiger partial charge in [0.25, 0.3) is 0 Å². The predicted molar refractivity (Wildman–Crippen MR) is 62.0 cm³/mol. The Kier molecular flexibility index (Phi) is 6.76.